The molecule has 0 atom stereocenters. The fourth-order valence-electron chi connectivity index (χ4n) is 1.26. The van der Waals surface area contributed by atoms with Gasteiger partial charge in [0.25, 0.3) is 0 Å². The van der Waals surface area contributed by atoms with Crippen LogP contribution < -0.4 is 0 Å². The maximum atomic E-state index is 10.8. The van der Waals surface area contributed by atoms with Gasteiger partial charge in [-0.2, -0.15) is 0 Å². The molecule has 0 fully saturated rings. The minimum Gasteiger partial charge on any atom is -0.458 e. The SMILES string of the molecule is O=C(CCl)OCc1cnc2ccccc2n1. The van der Waals surface area contributed by atoms with Gasteiger partial charge in [-0.15, -0.1) is 11.6 Å². The molecule has 0 aliphatic heterocycles. The first-order chi connectivity index (χ1) is 7.79. The minimum atomic E-state index is -0.461. The van der Waals surface area contributed by atoms with Crippen molar-refractivity contribution in [1.29, 1.82) is 0 Å². The fourth-order valence-corrected chi connectivity index (χ4v) is 1.34. The second-order valence-corrected chi connectivity index (χ2v) is 3.41. The molecular weight excluding hydrogens is 228 g/mol. The number of esters is 1. The van der Waals surface area contributed by atoms with Crippen LogP contribution in [-0.4, -0.2) is 21.8 Å². The summed E-state index contributed by atoms with van der Waals surface area (Å²) in [6, 6.07) is 7.50. The number of benzene rings is 1. The summed E-state index contributed by atoms with van der Waals surface area (Å²) < 4.78 is 4.85. The van der Waals surface area contributed by atoms with Gasteiger partial charge >= 0.3 is 5.97 Å². The summed E-state index contributed by atoms with van der Waals surface area (Å²) in [5.74, 6) is -0.613. The van der Waals surface area contributed by atoms with Crippen molar-refractivity contribution >= 4 is 28.6 Å². The van der Waals surface area contributed by atoms with E-state index in [-0.39, 0.29) is 12.5 Å². The van der Waals surface area contributed by atoms with Gasteiger partial charge in [0.2, 0.25) is 0 Å². The van der Waals surface area contributed by atoms with Gasteiger partial charge in [0.05, 0.1) is 22.9 Å². The quantitative estimate of drug-likeness (QED) is 0.604. The molecule has 2 aromatic rings. The maximum absolute atomic E-state index is 10.8. The number of carbonyl (C=O) groups excluding carboxylic acids is 1. The molecule has 0 aliphatic carbocycles. The number of hydrogen-bond acceptors (Lipinski definition) is 4. The molecule has 5 heteroatoms. The van der Waals surface area contributed by atoms with E-state index in [4.69, 9.17) is 16.3 Å². The number of ether oxygens (including phenoxy) is 1. The van der Waals surface area contributed by atoms with Crippen LogP contribution in [0.1, 0.15) is 5.69 Å². The van der Waals surface area contributed by atoms with E-state index in [0.29, 0.717) is 5.69 Å². The van der Waals surface area contributed by atoms with Gasteiger partial charge in [-0.1, -0.05) is 12.1 Å². The number of fused-ring (bicyclic) bond motifs is 1. The highest BCUT2D eigenvalue weighted by Gasteiger charge is 2.03. The molecule has 0 N–H and O–H groups in total. The van der Waals surface area contributed by atoms with E-state index >= 15 is 0 Å². The van der Waals surface area contributed by atoms with Crippen LogP contribution in [0, 0.1) is 0 Å². The Labute approximate surface area is 97.2 Å². The van der Waals surface area contributed by atoms with Crippen molar-refractivity contribution in [2.75, 3.05) is 5.88 Å². The number of para-hydroxylation sites is 2. The number of nitrogens with zero attached hydrogens (tertiary/aromatic N) is 2. The number of aromatic nitrogens is 2. The first-order valence-corrected chi connectivity index (χ1v) is 5.25. The van der Waals surface area contributed by atoms with E-state index in [1.54, 1.807) is 6.20 Å². The average Bonchev–Trinajstić information content (AvgIpc) is 2.35. The van der Waals surface area contributed by atoms with Crippen LogP contribution in [0.3, 0.4) is 0 Å². The molecule has 0 saturated heterocycles. The van der Waals surface area contributed by atoms with Crippen molar-refractivity contribution < 1.29 is 9.53 Å². The molecule has 0 amide bonds. The smallest absolute Gasteiger partial charge is 0.321 e. The lowest BCUT2D eigenvalue weighted by atomic mass is 10.3. The summed E-state index contributed by atoms with van der Waals surface area (Å²) in [5, 5.41) is 0. The Balaban J connectivity index is 2.16. The molecular formula is C11H9ClN2O2. The van der Waals surface area contributed by atoms with E-state index in [2.05, 4.69) is 9.97 Å². The molecule has 16 heavy (non-hydrogen) atoms. The normalized spacial score (nSPS) is 10.3. The number of halogens is 1. The van der Waals surface area contributed by atoms with Crippen LogP contribution in [0.5, 0.6) is 0 Å². The van der Waals surface area contributed by atoms with Crippen molar-refractivity contribution in [3.05, 3.63) is 36.2 Å². The zero-order chi connectivity index (χ0) is 11.4. The average molecular weight is 237 g/mol. The van der Waals surface area contributed by atoms with E-state index in [1.165, 1.54) is 0 Å². The highest BCUT2D eigenvalue weighted by atomic mass is 35.5. The lowest BCUT2D eigenvalue weighted by Gasteiger charge is -2.03. The Morgan fingerprint density at radius 3 is 2.81 bits per heavy atom. The molecule has 4 nitrogen and oxygen atoms in total. The predicted octanol–water partition coefficient (Wildman–Crippen LogP) is 1.91. The predicted molar refractivity (Wildman–Crippen MR) is 60.1 cm³/mol. The molecule has 0 bridgehead atoms. The van der Waals surface area contributed by atoms with Crippen LogP contribution >= 0.6 is 11.6 Å². The van der Waals surface area contributed by atoms with Gasteiger partial charge < -0.3 is 4.74 Å². The minimum absolute atomic E-state index is 0.101. The highest BCUT2D eigenvalue weighted by Crippen LogP contribution is 2.08. The molecule has 1 aromatic heterocycles. The molecule has 2 rings (SSSR count). The van der Waals surface area contributed by atoms with Crippen molar-refractivity contribution in [2.45, 2.75) is 6.61 Å². The Kier molecular flexibility index (Phi) is 3.31. The lowest BCUT2D eigenvalue weighted by molar-refractivity contribution is -0.141. The molecule has 0 spiro atoms. The van der Waals surface area contributed by atoms with Crippen LogP contribution in [0.15, 0.2) is 30.5 Å². The Bertz CT molecular complexity index is 516. The molecule has 0 radical (unpaired) electrons. The molecule has 0 unspecified atom stereocenters. The molecule has 0 saturated carbocycles. The van der Waals surface area contributed by atoms with Gasteiger partial charge in [-0.05, 0) is 12.1 Å². The van der Waals surface area contributed by atoms with Crippen LogP contribution in [0.4, 0.5) is 0 Å². The molecule has 82 valence electrons. The highest BCUT2D eigenvalue weighted by molar-refractivity contribution is 6.26. The summed E-state index contributed by atoms with van der Waals surface area (Å²) in [5.41, 5.74) is 2.20. The summed E-state index contributed by atoms with van der Waals surface area (Å²) in [6.45, 7) is 0.101. The van der Waals surface area contributed by atoms with Crippen molar-refractivity contribution in [2.24, 2.45) is 0 Å². The summed E-state index contributed by atoms with van der Waals surface area (Å²) in [7, 11) is 0. The van der Waals surface area contributed by atoms with Gasteiger partial charge in [-0.3, -0.25) is 9.78 Å². The third kappa shape index (κ3) is 2.46. The second-order valence-electron chi connectivity index (χ2n) is 3.14. The lowest BCUT2D eigenvalue weighted by Crippen LogP contribution is -2.06. The molecule has 0 aliphatic rings. The summed E-state index contributed by atoms with van der Waals surface area (Å²) in [6.07, 6.45) is 1.59. The third-order valence-electron chi connectivity index (χ3n) is 1.99. The van der Waals surface area contributed by atoms with Gasteiger partial charge in [0.15, 0.2) is 0 Å². The van der Waals surface area contributed by atoms with Crippen LogP contribution in [0.2, 0.25) is 0 Å². The second kappa shape index (κ2) is 4.90. The van der Waals surface area contributed by atoms with Crippen LogP contribution in [0.25, 0.3) is 11.0 Å². The number of rotatable bonds is 3. The summed E-state index contributed by atoms with van der Waals surface area (Å²) >= 11 is 5.30. The monoisotopic (exact) mass is 236 g/mol. The first kappa shape index (κ1) is 10.8. The third-order valence-corrected chi connectivity index (χ3v) is 2.21. The topological polar surface area (TPSA) is 52.1 Å². The maximum Gasteiger partial charge on any atom is 0.321 e. The fraction of sp³-hybridized carbons (Fsp3) is 0.182. The molecule has 1 aromatic carbocycles. The van der Waals surface area contributed by atoms with Crippen molar-refractivity contribution in [1.82, 2.24) is 9.97 Å². The zero-order valence-corrected chi connectivity index (χ0v) is 9.15. The number of hydrogen-bond donors (Lipinski definition) is 0. The van der Waals surface area contributed by atoms with E-state index in [9.17, 15) is 4.79 Å². The van der Waals surface area contributed by atoms with Crippen molar-refractivity contribution in [3.63, 3.8) is 0 Å². The van der Waals surface area contributed by atoms with Gasteiger partial charge in [0.1, 0.15) is 12.5 Å². The standard InChI is InChI=1S/C11H9ClN2O2/c12-5-11(15)16-7-8-6-13-9-3-1-2-4-10(9)14-8/h1-4,6H,5,7H2. The van der Waals surface area contributed by atoms with E-state index in [0.717, 1.165) is 11.0 Å². The van der Waals surface area contributed by atoms with Gasteiger partial charge in [0, 0.05) is 0 Å². The van der Waals surface area contributed by atoms with E-state index < -0.39 is 5.97 Å². The largest absolute Gasteiger partial charge is 0.458 e. The number of carbonyl (C=O) groups is 1. The molecule has 1 heterocycles. The van der Waals surface area contributed by atoms with Gasteiger partial charge in [-0.25, -0.2) is 4.98 Å². The number of alkyl halides is 1. The first-order valence-electron chi connectivity index (χ1n) is 4.72. The summed E-state index contributed by atoms with van der Waals surface area (Å²) in [4.78, 5) is 19.3. The Morgan fingerprint density at radius 2 is 2.06 bits per heavy atom. The van der Waals surface area contributed by atoms with E-state index in [1.807, 2.05) is 24.3 Å². The Morgan fingerprint density at radius 1 is 1.31 bits per heavy atom. The van der Waals surface area contributed by atoms with Crippen LogP contribution in [-0.2, 0) is 16.1 Å². The zero-order valence-electron chi connectivity index (χ0n) is 8.39. The van der Waals surface area contributed by atoms with Crippen molar-refractivity contribution in [3.8, 4) is 0 Å². The Hall–Kier alpha value is -1.68.